The lowest BCUT2D eigenvalue weighted by Gasteiger charge is -2.12. The van der Waals surface area contributed by atoms with Gasteiger partial charge >= 0.3 is 6.03 Å². The molecule has 1 aromatic rings. The first kappa shape index (κ1) is 13.2. The van der Waals surface area contributed by atoms with E-state index in [1.165, 1.54) is 4.90 Å². The van der Waals surface area contributed by atoms with E-state index in [2.05, 4.69) is 5.32 Å². The van der Waals surface area contributed by atoms with Gasteiger partial charge in [-0.15, -0.1) is 0 Å². The summed E-state index contributed by atoms with van der Waals surface area (Å²) in [5.74, 6) is 0.876. The van der Waals surface area contributed by atoms with Crippen LogP contribution in [0.3, 0.4) is 0 Å². The first-order chi connectivity index (χ1) is 7.54. The smallest absolute Gasteiger partial charge is 0.321 e. The molecule has 0 spiro atoms. The maximum absolute atomic E-state index is 11.4. The Bertz CT molecular complexity index is 382. The average molecular weight is 259 g/mol. The third-order valence-corrected chi connectivity index (χ3v) is 2.96. The second kappa shape index (κ2) is 6.01. The minimum atomic E-state index is -0.159. The van der Waals surface area contributed by atoms with E-state index in [4.69, 9.17) is 11.6 Å². The van der Waals surface area contributed by atoms with E-state index in [9.17, 15) is 4.79 Å². The molecule has 0 aliphatic carbocycles. The highest BCUT2D eigenvalue weighted by Gasteiger charge is 2.06. The maximum Gasteiger partial charge on any atom is 0.321 e. The molecule has 0 saturated carbocycles. The molecule has 2 amide bonds. The van der Waals surface area contributed by atoms with Gasteiger partial charge in [0.25, 0.3) is 0 Å². The Balaban J connectivity index is 2.77. The summed E-state index contributed by atoms with van der Waals surface area (Å²) in [4.78, 5) is 12.9. The summed E-state index contributed by atoms with van der Waals surface area (Å²) >= 11 is 7.81. The first-order valence-electron chi connectivity index (χ1n) is 4.80. The highest BCUT2D eigenvalue weighted by molar-refractivity contribution is 7.97. The maximum atomic E-state index is 11.4. The zero-order chi connectivity index (χ0) is 12.1. The van der Waals surface area contributed by atoms with E-state index in [0.717, 1.165) is 11.3 Å². The minimum absolute atomic E-state index is 0.159. The van der Waals surface area contributed by atoms with Crippen molar-refractivity contribution in [1.82, 2.24) is 4.90 Å². The number of halogens is 1. The highest BCUT2D eigenvalue weighted by atomic mass is 35.5. The number of urea groups is 1. The summed E-state index contributed by atoms with van der Waals surface area (Å²) in [6.07, 6.45) is 2.03. The lowest BCUT2D eigenvalue weighted by atomic mass is 10.2. The molecule has 0 unspecified atom stereocenters. The van der Waals surface area contributed by atoms with Crippen LogP contribution < -0.4 is 5.32 Å². The Morgan fingerprint density at radius 3 is 2.69 bits per heavy atom. The van der Waals surface area contributed by atoms with Crippen LogP contribution in [0.2, 0.25) is 5.02 Å². The monoisotopic (exact) mass is 258 g/mol. The fraction of sp³-hybridized carbons (Fsp3) is 0.364. The van der Waals surface area contributed by atoms with Gasteiger partial charge in [-0.2, -0.15) is 11.8 Å². The predicted molar refractivity (Wildman–Crippen MR) is 71.4 cm³/mol. The Morgan fingerprint density at radius 1 is 1.50 bits per heavy atom. The number of nitrogens with one attached hydrogen (secondary N) is 1. The van der Waals surface area contributed by atoms with Crippen molar-refractivity contribution in [1.29, 1.82) is 0 Å². The van der Waals surface area contributed by atoms with Crippen LogP contribution >= 0.6 is 23.4 Å². The van der Waals surface area contributed by atoms with Crippen LogP contribution in [-0.2, 0) is 5.75 Å². The summed E-state index contributed by atoms with van der Waals surface area (Å²) in [5, 5.41) is 3.43. The lowest BCUT2D eigenvalue weighted by Crippen LogP contribution is -2.27. The molecule has 1 N–H and O–H groups in total. The third-order valence-electron chi connectivity index (χ3n) is 2.01. The van der Waals surface area contributed by atoms with Crippen molar-refractivity contribution in [3.63, 3.8) is 0 Å². The summed E-state index contributed by atoms with van der Waals surface area (Å²) in [6, 6.07) is 5.41. The number of amides is 2. The van der Waals surface area contributed by atoms with E-state index in [0.29, 0.717) is 10.7 Å². The molecule has 0 atom stereocenters. The second-order valence-corrected chi connectivity index (χ2v) is 4.84. The molecule has 16 heavy (non-hydrogen) atoms. The molecule has 0 heterocycles. The number of thioether (sulfide) groups is 1. The van der Waals surface area contributed by atoms with Crippen molar-refractivity contribution in [3.8, 4) is 0 Å². The van der Waals surface area contributed by atoms with Gasteiger partial charge in [-0.3, -0.25) is 0 Å². The van der Waals surface area contributed by atoms with Gasteiger partial charge in [-0.1, -0.05) is 17.7 Å². The number of hydrogen-bond donors (Lipinski definition) is 1. The number of rotatable bonds is 3. The summed E-state index contributed by atoms with van der Waals surface area (Å²) < 4.78 is 0. The SMILES string of the molecule is CSCc1ccc(NC(=O)N(C)C)cc1Cl. The van der Waals surface area contributed by atoms with Gasteiger partial charge in [-0.05, 0) is 24.0 Å². The van der Waals surface area contributed by atoms with E-state index in [-0.39, 0.29) is 6.03 Å². The normalized spacial score (nSPS) is 10.0. The van der Waals surface area contributed by atoms with E-state index in [1.807, 2.05) is 18.4 Å². The molecule has 0 radical (unpaired) electrons. The fourth-order valence-corrected chi connectivity index (χ4v) is 2.02. The quantitative estimate of drug-likeness (QED) is 0.902. The number of carbonyl (C=O) groups is 1. The first-order valence-corrected chi connectivity index (χ1v) is 6.57. The highest BCUT2D eigenvalue weighted by Crippen LogP contribution is 2.24. The van der Waals surface area contributed by atoms with E-state index >= 15 is 0 Å². The van der Waals surface area contributed by atoms with Gasteiger partial charge < -0.3 is 10.2 Å². The second-order valence-electron chi connectivity index (χ2n) is 3.56. The summed E-state index contributed by atoms with van der Waals surface area (Å²) in [6.45, 7) is 0. The van der Waals surface area contributed by atoms with Crippen LogP contribution in [0.5, 0.6) is 0 Å². The Morgan fingerprint density at radius 2 is 2.19 bits per heavy atom. The molecule has 1 aromatic carbocycles. The van der Waals surface area contributed by atoms with Crippen molar-refractivity contribution < 1.29 is 4.79 Å². The largest absolute Gasteiger partial charge is 0.331 e. The van der Waals surface area contributed by atoms with Gasteiger partial charge in [0.05, 0.1) is 0 Å². The predicted octanol–water partition coefficient (Wildman–Crippen LogP) is 3.30. The Kier molecular flexibility index (Phi) is 4.96. The van der Waals surface area contributed by atoms with Crippen LogP contribution in [0, 0.1) is 0 Å². The van der Waals surface area contributed by atoms with Crippen molar-refractivity contribution in [3.05, 3.63) is 28.8 Å². The molecular formula is C11H15ClN2OS. The molecule has 0 bridgehead atoms. The molecule has 0 saturated heterocycles. The Labute approximate surface area is 105 Å². The zero-order valence-corrected chi connectivity index (χ0v) is 11.2. The number of anilines is 1. The van der Waals surface area contributed by atoms with Crippen LogP contribution in [0.4, 0.5) is 10.5 Å². The third kappa shape index (κ3) is 3.61. The van der Waals surface area contributed by atoms with Crippen molar-refractivity contribution in [2.75, 3.05) is 25.7 Å². The van der Waals surface area contributed by atoms with Gasteiger partial charge in [0.1, 0.15) is 0 Å². The van der Waals surface area contributed by atoms with Crippen LogP contribution in [0.15, 0.2) is 18.2 Å². The molecule has 0 aliphatic rings. The van der Waals surface area contributed by atoms with Crippen LogP contribution in [0.25, 0.3) is 0 Å². The molecule has 0 aromatic heterocycles. The number of hydrogen-bond acceptors (Lipinski definition) is 2. The molecule has 0 fully saturated rings. The van der Waals surface area contributed by atoms with Crippen molar-refractivity contribution in [2.24, 2.45) is 0 Å². The van der Waals surface area contributed by atoms with E-state index < -0.39 is 0 Å². The van der Waals surface area contributed by atoms with Gasteiger partial charge in [0.2, 0.25) is 0 Å². The van der Waals surface area contributed by atoms with Crippen LogP contribution in [0.1, 0.15) is 5.56 Å². The van der Waals surface area contributed by atoms with Gasteiger partial charge in [-0.25, -0.2) is 4.79 Å². The number of carbonyl (C=O) groups excluding carboxylic acids is 1. The summed E-state index contributed by atoms with van der Waals surface area (Å²) in [7, 11) is 3.39. The lowest BCUT2D eigenvalue weighted by molar-refractivity contribution is 0.230. The molecule has 1 rings (SSSR count). The zero-order valence-electron chi connectivity index (χ0n) is 9.58. The van der Waals surface area contributed by atoms with Crippen molar-refractivity contribution in [2.45, 2.75) is 5.75 Å². The molecule has 3 nitrogen and oxygen atoms in total. The van der Waals surface area contributed by atoms with E-state index in [1.54, 1.807) is 31.9 Å². The van der Waals surface area contributed by atoms with Gasteiger partial charge in [0.15, 0.2) is 0 Å². The number of benzene rings is 1. The fourth-order valence-electron chi connectivity index (χ4n) is 1.13. The molecule has 0 aliphatic heterocycles. The average Bonchev–Trinajstić information content (AvgIpc) is 2.22. The standard InChI is InChI=1S/C11H15ClN2OS/c1-14(2)11(15)13-9-5-4-8(7-16-3)10(12)6-9/h4-6H,7H2,1-3H3,(H,13,15). The minimum Gasteiger partial charge on any atom is -0.331 e. The molecular weight excluding hydrogens is 244 g/mol. The molecule has 88 valence electrons. The van der Waals surface area contributed by atoms with Crippen LogP contribution in [-0.4, -0.2) is 31.3 Å². The van der Waals surface area contributed by atoms with Crippen molar-refractivity contribution >= 4 is 35.1 Å². The van der Waals surface area contributed by atoms with Gasteiger partial charge in [0, 0.05) is 30.6 Å². The summed E-state index contributed by atoms with van der Waals surface area (Å²) in [5.41, 5.74) is 1.80. The number of nitrogens with zero attached hydrogens (tertiary/aromatic N) is 1. The Hall–Kier alpha value is -0.870. The topological polar surface area (TPSA) is 32.3 Å². The molecule has 5 heteroatoms.